The maximum atomic E-state index is 10.1. The SMILES string of the molecule is O=C[C@H](O)C(O)[C@H](O)[C@H](O)C(=O)O. The van der Waals surface area contributed by atoms with E-state index >= 15 is 0 Å². The van der Waals surface area contributed by atoms with E-state index in [1.165, 1.54) is 0 Å². The van der Waals surface area contributed by atoms with E-state index < -0.39 is 30.4 Å². The van der Waals surface area contributed by atoms with Crippen LogP contribution in [0.4, 0.5) is 0 Å². The molecule has 0 aliphatic carbocycles. The second-order valence-electron chi connectivity index (χ2n) is 2.39. The molecule has 1 unspecified atom stereocenters. The Balaban J connectivity index is 4.32. The summed E-state index contributed by atoms with van der Waals surface area (Å²) in [4.78, 5) is 20.0. The van der Waals surface area contributed by atoms with Crippen LogP contribution in [-0.4, -0.2) is 62.2 Å². The zero-order valence-electron chi connectivity index (χ0n) is 6.44. The van der Waals surface area contributed by atoms with Crippen molar-refractivity contribution in [3.05, 3.63) is 0 Å². The summed E-state index contributed by atoms with van der Waals surface area (Å²) in [5.41, 5.74) is 0. The second-order valence-corrected chi connectivity index (χ2v) is 2.39. The molecular formula is C6H10O7. The molecule has 0 amide bonds. The molecule has 0 fully saturated rings. The minimum absolute atomic E-state index is 0.0809. The molecule has 0 bridgehead atoms. The molecule has 0 spiro atoms. The molecule has 0 aliphatic rings. The van der Waals surface area contributed by atoms with Gasteiger partial charge in [-0.15, -0.1) is 0 Å². The summed E-state index contributed by atoms with van der Waals surface area (Å²) in [5, 5.41) is 43.2. The van der Waals surface area contributed by atoms with Crippen LogP contribution in [0.15, 0.2) is 0 Å². The van der Waals surface area contributed by atoms with Crippen molar-refractivity contribution in [2.75, 3.05) is 0 Å². The number of carbonyl (C=O) groups excluding carboxylic acids is 1. The van der Waals surface area contributed by atoms with Crippen LogP contribution in [0.25, 0.3) is 0 Å². The highest BCUT2D eigenvalue weighted by Gasteiger charge is 2.33. The Bertz CT molecular complexity index is 191. The molecule has 0 aromatic carbocycles. The number of aliphatic carboxylic acids is 1. The highest BCUT2D eigenvalue weighted by atomic mass is 16.4. The molecule has 0 aromatic rings. The van der Waals surface area contributed by atoms with E-state index in [1.54, 1.807) is 0 Å². The van der Waals surface area contributed by atoms with Crippen LogP contribution in [0.2, 0.25) is 0 Å². The monoisotopic (exact) mass is 194 g/mol. The Kier molecular flexibility index (Phi) is 4.49. The smallest absolute Gasteiger partial charge is 0.335 e. The summed E-state index contributed by atoms with van der Waals surface area (Å²) < 4.78 is 0. The van der Waals surface area contributed by atoms with Crippen molar-refractivity contribution in [2.24, 2.45) is 0 Å². The summed E-state index contributed by atoms with van der Waals surface area (Å²) in [6, 6.07) is 0. The summed E-state index contributed by atoms with van der Waals surface area (Å²) in [6.07, 6.45) is -8.39. The molecule has 0 saturated carbocycles. The van der Waals surface area contributed by atoms with Gasteiger partial charge >= 0.3 is 5.97 Å². The Hall–Kier alpha value is -1.02. The first kappa shape index (κ1) is 12.0. The lowest BCUT2D eigenvalue weighted by molar-refractivity contribution is -0.163. The van der Waals surface area contributed by atoms with Gasteiger partial charge in [-0.2, -0.15) is 0 Å². The van der Waals surface area contributed by atoms with Gasteiger partial charge in [0.2, 0.25) is 0 Å². The van der Waals surface area contributed by atoms with Crippen LogP contribution in [0.1, 0.15) is 0 Å². The fraction of sp³-hybridized carbons (Fsp3) is 0.667. The van der Waals surface area contributed by atoms with Crippen LogP contribution >= 0.6 is 0 Å². The van der Waals surface area contributed by atoms with Crippen LogP contribution < -0.4 is 0 Å². The van der Waals surface area contributed by atoms with Gasteiger partial charge in [-0.1, -0.05) is 0 Å². The average Bonchev–Trinajstić information content (AvgIpc) is 2.12. The lowest BCUT2D eigenvalue weighted by Crippen LogP contribution is -2.48. The van der Waals surface area contributed by atoms with Crippen molar-refractivity contribution in [3.63, 3.8) is 0 Å². The summed E-state index contributed by atoms with van der Waals surface area (Å²) in [7, 11) is 0. The molecule has 0 aromatic heterocycles. The molecule has 0 aliphatic heterocycles. The van der Waals surface area contributed by atoms with E-state index in [-0.39, 0.29) is 6.29 Å². The van der Waals surface area contributed by atoms with Crippen molar-refractivity contribution in [1.82, 2.24) is 0 Å². The van der Waals surface area contributed by atoms with E-state index in [0.29, 0.717) is 0 Å². The van der Waals surface area contributed by atoms with Gasteiger partial charge in [-0.05, 0) is 0 Å². The Morgan fingerprint density at radius 2 is 1.54 bits per heavy atom. The Morgan fingerprint density at radius 3 is 1.85 bits per heavy atom. The van der Waals surface area contributed by atoms with E-state index in [2.05, 4.69) is 0 Å². The number of hydrogen-bond donors (Lipinski definition) is 5. The van der Waals surface area contributed by atoms with Gasteiger partial charge in [-0.3, -0.25) is 0 Å². The standard InChI is InChI=1S/C6H10O7/c7-1-2(8)3(9)4(10)5(11)6(12)13/h1-5,8-11H,(H,12,13)/t2-,3?,4-,5-/m0/s1. The fourth-order valence-corrected chi connectivity index (χ4v) is 0.615. The molecular weight excluding hydrogens is 184 g/mol. The normalized spacial score (nSPS) is 20.0. The zero-order valence-corrected chi connectivity index (χ0v) is 6.44. The molecule has 13 heavy (non-hydrogen) atoms. The first-order valence-electron chi connectivity index (χ1n) is 3.32. The van der Waals surface area contributed by atoms with E-state index in [1.807, 2.05) is 0 Å². The van der Waals surface area contributed by atoms with Gasteiger partial charge in [-0.25, -0.2) is 4.79 Å². The fourth-order valence-electron chi connectivity index (χ4n) is 0.615. The van der Waals surface area contributed by atoms with Crippen LogP contribution in [0.3, 0.4) is 0 Å². The number of carboxylic acids is 1. The Labute approximate surface area is 72.9 Å². The summed E-state index contributed by atoms with van der Waals surface area (Å²) in [6.45, 7) is 0. The molecule has 0 rings (SSSR count). The molecule has 0 heterocycles. The minimum Gasteiger partial charge on any atom is -0.479 e. The van der Waals surface area contributed by atoms with Crippen LogP contribution in [-0.2, 0) is 9.59 Å². The third-order valence-corrected chi connectivity index (χ3v) is 1.42. The van der Waals surface area contributed by atoms with Gasteiger partial charge in [0.15, 0.2) is 12.4 Å². The van der Waals surface area contributed by atoms with E-state index in [4.69, 9.17) is 25.5 Å². The van der Waals surface area contributed by atoms with Gasteiger partial charge in [0.05, 0.1) is 0 Å². The van der Waals surface area contributed by atoms with Crippen LogP contribution in [0, 0.1) is 0 Å². The largest absolute Gasteiger partial charge is 0.479 e. The van der Waals surface area contributed by atoms with Crippen molar-refractivity contribution in [2.45, 2.75) is 24.4 Å². The maximum absolute atomic E-state index is 10.1. The minimum atomic E-state index is -2.25. The van der Waals surface area contributed by atoms with Crippen molar-refractivity contribution in [1.29, 1.82) is 0 Å². The van der Waals surface area contributed by atoms with Crippen LogP contribution in [0.5, 0.6) is 0 Å². The number of carbonyl (C=O) groups is 2. The highest BCUT2D eigenvalue weighted by molar-refractivity contribution is 5.73. The lowest BCUT2D eigenvalue weighted by Gasteiger charge is -2.21. The molecule has 76 valence electrons. The zero-order chi connectivity index (χ0) is 10.6. The molecule has 0 saturated heterocycles. The third-order valence-electron chi connectivity index (χ3n) is 1.42. The van der Waals surface area contributed by atoms with Gasteiger partial charge in [0.1, 0.15) is 18.3 Å². The molecule has 4 atom stereocenters. The predicted molar refractivity (Wildman–Crippen MR) is 37.7 cm³/mol. The number of aliphatic hydroxyl groups is 4. The number of hydrogen-bond acceptors (Lipinski definition) is 6. The second kappa shape index (κ2) is 4.87. The number of carboxylic acid groups (broad SMARTS) is 1. The van der Waals surface area contributed by atoms with Crippen molar-refractivity contribution < 1.29 is 35.1 Å². The third kappa shape index (κ3) is 3.07. The maximum Gasteiger partial charge on any atom is 0.335 e. The quantitative estimate of drug-likeness (QED) is 0.289. The number of rotatable bonds is 5. The number of aliphatic hydroxyl groups excluding tert-OH is 4. The summed E-state index contributed by atoms with van der Waals surface area (Å²) >= 11 is 0. The topological polar surface area (TPSA) is 135 Å². The lowest BCUT2D eigenvalue weighted by atomic mass is 10.0. The van der Waals surface area contributed by atoms with Gasteiger partial charge in [0.25, 0.3) is 0 Å². The van der Waals surface area contributed by atoms with E-state index in [9.17, 15) is 9.59 Å². The summed E-state index contributed by atoms with van der Waals surface area (Å²) in [5.74, 6) is -1.76. The average molecular weight is 194 g/mol. The van der Waals surface area contributed by atoms with Gasteiger partial charge < -0.3 is 30.3 Å². The molecule has 7 nitrogen and oxygen atoms in total. The molecule has 7 heteroatoms. The van der Waals surface area contributed by atoms with Gasteiger partial charge in [0, 0.05) is 0 Å². The highest BCUT2D eigenvalue weighted by Crippen LogP contribution is 2.03. The van der Waals surface area contributed by atoms with E-state index in [0.717, 1.165) is 0 Å². The predicted octanol–water partition coefficient (Wildman–Crippen LogP) is -3.29. The first-order valence-corrected chi connectivity index (χ1v) is 3.32. The number of aldehydes is 1. The first-order chi connectivity index (χ1) is 5.91. The Morgan fingerprint density at radius 1 is 1.08 bits per heavy atom. The molecule has 5 N–H and O–H groups in total. The molecule has 0 radical (unpaired) electrons. The van der Waals surface area contributed by atoms with Crippen molar-refractivity contribution in [3.8, 4) is 0 Å². The van der Waals surface area contributed by atoms with Crippen molar-refractivity contribution >= 4 is 12.3 Å².